The molecule has 1 aliphatic heterocycles. The summed E-state index contributed by atoms with van der Waals surface area (Å²) in [5.74, 6) is 0.192. The number of nitrogens with zero attached hydrogens (tertiary/aromatic N) is 1. The highest BCUT2D eigenvalue weighted by Gasteiger charge is 2.27. The van der Waals surface area contributed by atoms with E-state index >= 15 is 0 Å². The lowest BCUT2D eigenvalue weighted by Gasteiger charge is -2.33. The summed E-state index contributed by atoms with van der Waals surface area (Å²) in [5.41, 5.74) is 2.99. The van der Waals surface area contributed by atoms with Crippen LogP contribution in [0.25, 0.3) is 0 Å². The Bertz CT molecular complexity index is 462. The number of benzene rings is 1. The van der Waals surface area contributed by atoms with E-state index in [0.717, 1.165) is 42.6 Å². The normalized spacial score (nSPS) is 19.4. The van der Waals surface area contributed by atoms with Gasteiger partial charge in [0.05, 0.1) is 12.1 Å². The molecular formula is C16H23NO2. The molecule has 0 aromatic heterocycles. The molecule has 2 rings (SSSR count). The van der Waals surface area contributed by atoms with Gasteiger partial charge >= 0.3 is 0 Å². The molecule has 0 aliphatic carbocycles. The molecule has 1 atom stereocenters. The molecule has 0 bridgehead atoms. The van der Waals surface area contributed by atoms with Crippen LogP contribution in [0.15, 0.2) is 18.2 Å². The summed E-state index contributed by atoms with van der Waals surface area (Å²) in [6.45, 7) is 7.58. The van der Waals surface area contributed by atoms with Crippen molar-refractivity contribution in [3.05, 3.63) is 34.9 Å². The molecule has 0 spiro atoms. The second-order valence-electron chi connectivity index (χ2n) is 5.63. The third-order valence-electron chi connectivity index (χ3n) is 4.08. The van der Waals surface area contributed by atoms with Gasteiger partial charge in [0.2, 0.25) is 0 Å². The largest absolute Gasteiger partial charge is 0.393 e. The zero-order chi connectivity index (χ0) is 14.0. The second-order valence-corrected chi connectivity index (χ2v) is 5.63. The number of Topliss-reactive ketones (excluding diaryl/α,β-unsaturated/α-hetero) is 1. The number of carbonyl (C=O) groups is 1. The number of hydrogen-bond acceptors (Lipinski definition) is 3. The molecule has 3 nitrogen and oxygen atoms in total. The van der Waals surface area contributed by atoms with Crippen molar-refractivity contribution in [3.8, 4) is 0 Å². The number of carbonyl (C=O) groups excluding carboxylic acids is 1. The minimum atomic E-state index is -0.195. The Morgan fingerprint density at radius 3 is 2.58 bits per heavy atom. The van der Waals surface area contributed by atoms with Crippen molar-refractivity contribution in [1.82, 2.24) is 4.90 Å². The molecule has 104 valence electrons. The average molecular weight is 261 g/mol. The predicted molar refractivity (Wildman–Crippen MR) is 76.5 cm³/mol. The van der Waals surface area contributed by atoms with Crippen LogP contribution >= 0.6 is 0 Å². The van der Waals surface area contributed by atoms with Crippen molar-refractivity contribution < 1.29 is 9.90 Å². The Labute approximate surface area is 115 Å². The molecule has 1 heterocycles. The second kappa shape index (κ2) is 5.85. The van der Waals surface area contributed by atoms with Crippen molar-refractivity contribution in [2.24, 2.45) is 0 Å². The highest BCUT2D eigenvalue weighted by molar-refractivity contribution is 6.01. The van der Waals surface area contributed by atoms with Crippen LogP contribution in [0.1, 0.15) is 41.3 Å². The maximum Gasteiger partial charge on any atom is 0.179 e. The topological polar surface area (TPSA) is 40.5 Å². The highest BCUT2D eigenvalue weighted by Crippen LogP contribution is 2.18. The van der Waals surface area contributed by atoms with E-state index in [1.54, 1.807) is 0 Å². The molecule has 0 saturated carbocycles. The summed E-state index contributed by atoms with van der Waals surface area (Å²) < 4.78 is 0. The number of aliphatic hydroxyl groups excluding tert-OH is 1. The van der Waals surface area contributed by atoms with Crippen LogP contribution in [-0.2, 0) is 0 Å². The Morgan fingerprint density at radius 2 is 1.95 bits per heavy atom. The molecule has 1 aromatic carbocycles. The molecule has 3 heteroatoms. The van der Waals surface area contributed by atoms with Crippen LogP contribution in [0, 0.1) is 13.8 Å². The number of ketones is 1. The fraction of sp³-hybridized carbons (Fsp3) is 0.562. The summed E-state index contributed by atoms with van der Waals surface area (Å²) in [7, 11) is 0. The monoisotopic (exact) mass is 261 g/mol. The van der Waals surface area contributed by atoms with Gasteiger partial charge < -0.3 is 5.11 Å². The Kier molecular flexibility index (Phi) is 4.38. The minimum absolute atomic E-state index is 0.104. The molecule has 1 N–H and O–H groups in total. The Balaban J connectivity index is 2.12. The SMILES string of the molecule is Cc1ccc(C)c(C(=O)C(C)N2CCC(O)CC2)c1. The molecule has 1 aromatic rings. The Hall–Kier alpha value is -1.19. The molecule has 1 saturated heterocycles. The standard InChI is InChI=1S/C16H23NO2/c1-11-4-5-12(2)15(10-11)16(19)13(3)17-8-6-14(18)7-9-17/h4-5,10,13-14,18H,6-9H2,1-3H3. The molecule has 19 heavy (non-hydrogen) atoms. The zero-order valence-electron chi connectivity index (χ0n) is 12.0. The van der Waals surface area contributed by atoms with Crippen LogP contribution in [0.5, 0.6) is 0 Å². The molecule has 1 unspecified atom stereocenters. The number of aryl methyl sites for hydroxylation is 2. The molecule has 1 aliphatic rings. The summed E-state index contributed by atoms with van der Waals surface area (Å²) in [5, 5.41) is 9.53. The van der Waals surface area contributed by atoms with E-state index in [0.29, 0.717) is 0 Å². The van der Waals surface area contributed by atoms with Gasteiger partial charge in [0, 0.05) is 18.7 Å². The fourth-order valence-electron chi connectivity index (χ4n) is 2.67. The summed E-state index contributed by atoms with van der Waals surface area (Å²) >= 11 is 0. The van der Waals surface area contributed by atoms with E-state index in [1.807, 2.05) is 39.0 Å². The van der Waals surface area contributed by atoms with E-state index in [1.165, 1.54) is 0 Å². The summed E-state index contributed by atoms with van der Waals surface area (Å²) in [4.78, 5) is 14.8. The van der Waals surface area contributed by atoms with Crippen molar-refractivity contribution in [2.75, 3.05) is 13.1 Å². The third kappa shape index (κ3) is 3.23. The molecule has 0 amide bonds. The van der Waals surface area contributed by atoms with Gasteiger partial charge in [0.25, 0.3) is 0 Å². The van der Waals surface area contributed by atoms with Gasteiger partial charge in [0.1, 0.15) is 0 Å². The van der Waals surface area contributed by atoms with Crippen LogP contribution in [0.3, 0.4) is 0 Å². The lowest BCUT2D eigenvalue weighted by atomic mass is 9.96. The average Bonchev–Trinajstić information content (AvgIpc) is 2.41. The summed E-state index contributed by atoms with van der Waals surface area (Å²) in [6.07, 6.45) is 1.34. The van der Waals surface area contributed by atoms with Crippen LogP contribution in [-0.4, -0.2) is 41.0 Å². The first kappa shape index (κ1) is 14.2. The predicted octanol–water partition coefficient (Wildman–Crippen LogP) is 2.33. The Morgan fingerprint density at radius 1 is 1.32 bits per heavy atom. The number of rotatable bonds is 3. The van der Waals surface area contributed by atoms with Gasteiger partial charge in [-0.05, 0) is 45.2 Å². The zero-order valence-corrected chi connectivity index (χ0v) is 12.0. The van der Waals surface area contributed by atoms with Gasteiger partial charge in [-0.2, -0.15) is 0 Å². The van der Waals surface area contributed by atoms with Crippen LogP contribution < -0.4 is 0 Å². The number of likely N-dealkylation sites (tertiary alicyclic amines) is 1. The van der Waals surface area contributed by atoms with Crippen molar-refractivity contribution in [3.63, 3.8) is 0 Å². The van der Waals surface area contributed by atoms with Crippen LogP contribution in [0.2, 0.25) is 0 Å². The smallest absolute Gasteiger partial charge is 0.179 e. The van der Waals surface area contributed by atoms with E-state index in [9.17, 15) is 9.90 Å². The van der Waals surface area contributed by atoms with Gasteiger partial charge in [-0.1, -0.05) is 17.7 Å². The highest BCUT2D eigenvalue weighted by atomic mass is 16.3. The molecular weight excluding hydrogens is 238 g/mol. The van der Waals surface area contributed by atoms with Gasteiger partial charge in [-0.3, -0.25) is 9.69 Å². The van der Waals surface area contributed by atoms with Gasteiger partial charge in [-0.25, -0.2) is 0 Å². The van der Waals surface area contributed by atoms with Crippen molar-refractivity contribution >= 4 is 5.78 Å². The fourth-order valence-corrected chi connectivity index (χ4v) is 2.67. The van der Waals surface area contributed by atoms with Crippen molar-refractivity contribution in [1.29, 1.82) is 0 Å². The maximum absolute atomic E-state index is 12.6. The van der Waals surface area contributed by atoms with E-state index in [4.69, 9.17) is 0 Å². The summed E-state index contributed by atoms with van der Waals surface area (Å²) in [6, 6.07) is 5.92. The molecule has 1 fully saturated rings. The van der Waals surface area contributed by atoms with Crippen LogP contribution in [0.4, 0.5) is 0 Å². The van der Waals surface area contributed by atoms with E-state index < -0.39 is 0 Å². The quantitative estimate of drug-likeness (QED) is 0.849. The number of hydrogen-bond donors (Lipinski definition) is 1. The lowest BCUT2D eigenvalue weighted by molar-refractivity contribution is 0.0548. The van der Waals surface area contributed by atoms with Gasteiger partial charge in [-0.15, -0.1) is 0 Å². The first-order valence-electron chi connectivity index (χ1n) is 7.02. The van der Waals surface area contributed by atoms with Crippen molar-refractivity contribution in [2.45, 2.75) is 45.8 Å². The minimum Gasteiger partial charge on any atom is -0.393 e. The molecule has 0 radical (unpaired) electrons. The lowest BCUT2D eigenvalue weighted by Crippen LogP contribution is -2.45. The first-order valence-corrected chi connectivity index (χ1v) is 7.02. The third-order valence-corrected chi connectivity index (χ3v) is 4.08. The van der Waals surface area contributed by atoms with E-state index in [-0.39, 0.29) is 17.9 Å². The van der Waals surface area contributed by atoms with Gasteiger partial charge in [0.15, 0.2) is 5.78 Å². The number of piperidine rings is 1. The number of aliphatic hydroxyl groups is 1. The van der Waals surface area contributed by atoms with E-state index in [2.05, 4.69) is 4.90 Å². The first-order chi connectivity index (χ1) is 8.99. The maximum atomic E-state index is 12.6.